The molecule has 0 saturated heterocycles. The Bertz CT molecular complexity index is 1160. The van der Waals surface area contributed by atoms with Gasteiger partial charge in [0.05, 0.1) is 10.7 Å². The van der Waals surface area contributed by atoms with E-state index in [4.69, 9.17) is 16.0 Å². The highest BCUT2D eigenvalue weighted by molar-refractivity contribution is 6.34. The molecule has 1 amide bonds. The molecule has 0 atom stereocenters. The molecule has 1 aromatic heterocycles. The predicted octanol–water partition coefficient (Wildman–Crippen LogP) is 6.02. The lowest BCUT2D eigenvalue weighted by molar-refractivity contribution is 0.102. The Kier molecular flexibility index (Phi) is 4.42. The highest BCUT2D eigenvalue weighted by Gasteiger charge is 2.13. The number of carbonyl (C=O) groups excluding carboxylic acids is 1. The molecule has 5 heteroatoms. The van der Waals surface area contributed by atoms with Gasteiger partial charge in [-0.2, -0.15) is 0 Å². The van der Waals surface area contributed by atoms with Gasteiger partial charge in [0.25, 0.3) is 5.91 Å². The fourth-order valence-electron chi connectivity index (χ4n) is 2.90. The number of amides is 1. The topological polar surface area (TPSA) is 55.1 Å². The molecule has 4 aromatic rings. The first-order chi connectivity index (χ1) is 13.0. The van der Waals surface area contributed by atoms with E-state index in [0.717, 1.165) is 27.8 Å². The number of nitrogens with one attached hydrogen (secondary N) is 1. The summed E-state index contributed by atoms with van der Waals surface area (Å²) in [5.41, 5.74) is 5.48. The normalized spacial score (nSPS) is 10.9. The van der Waals surface area contributed by atoms with Crippen molar-refractivity contribution in [2.45, 2.75) is 13.8 Å². The van der Waals surface area contributed by atoms with E-state index in [1.165, 1.54) is 0 Å². The van der Waals surface area contributed by atoms with E-state index in [0.29, 0.717) is 22.2 Å². The standard InChI is InChI=1S/C22H17ClN2O2/c1-13-4-3-5-15(10-13)21(26)24-18-12-16(7-8-17(18)23)22-25-19-11-14(2)6-9-20(19)27-22/h3-12H,1-2H3,(H,24,26). The maximum atomic E-state index is 12.5. The van der Waals surface area contributed by atoms with E-state index < -0.39 is 0 Å². The van der Waals surface area contributed by atoms with Gasteiger partial charge in [-0.3, -0.25) is 4.79 Å². The second kappa shape index (κ2) is 6.89. The lowest BCUT2D eigenvalue weighted by atomic mass is 10.1. The van der Waals surface area contributed by atoms with Crippen LogP contribution in [0.3, 0.4) is 0 Å². The van der Waals surface area contributed by atoms with Crippen molar-refractivity contribution in [1.29, 1.82) is 0 Å². The molecule has 0 aliphatic carbocycles. The monoisotopic (exact) mass is 376 g/mol. The van der Waals surface area contributed by atoms with Crippen molar-refractivity contribution in [3.05, 3.63) is 82.4 Å². The molecule has 0 aliphatic rings. The second-order valence-electron chi connectivity index (χ2n) is 6.51. The third-order valence-corrected chi connectivity index (χ3v) is 4.61. The summed E-state index contributed by atoms with van der Waals surface area (Å²) in [6, 6.07) is 18.6. The summed E-state index contributed by atoms with van der Waals surface area (Å²) in [6.45, 7) is 3.95. The van der Waals surface area contributed by atoms with E-state index in [1.54, 1.807) is 18.2 Å². The summed E-state index contributed by atoms with van der Waals surface area (Å²) in [4.78, 5) is 17.1. The zero-order chi connectivity index (χ0) is 19.0. The maximum Gasteiger partial charge on any atom is 0.255 e. The molecule has 4 rings (SSSR count). The average Bonchev–Trinajstić information content (AvgIpc) is 3.06. The molecule has 0 spiro atoms. The second-order valence-corrected chi connectivity index (χ2v) is 6.92. The number of halogens is 1. The van der Waals surface area contributed by atoms with Crippen molar-refractivity contribution in [2.24, 2.45) is 0 Å². The lowest BCUT2D eigenvalue weighted by Gasteiger charge is -2.09. The summed E-state index contributed by atoms with van der Waals surface area (Å²) < 4.78 is 5.84. The van der Waals surface area contributed by atoms with Crippen LogP contribution in [0.2, 0.25) is 5.02 Å². The zero-order valence-electron chi connectivity index (χ0n) is 14.9. The van der Waals surface area contributed by atoms with Crippen LogP contribution in [-0.2, 0) is 0 Å². The summed E-state index contributed by atoms with van der Waals surface area (Å²) in [5, 5.41) is 3.32. The van der Waals surface area contributed by atoms with Crippen molar-refractivity contribution in [1.82, 2.24) is 4.98 Å². The number of anilines is 1. The number of benzene rings is 3. The summed E-state index contributed by atoms with van der Waals surface area (Å²) >= 11 is 6.28. The molecular weight excluding hydrogens is 360 g/mol. The molecule has 4 nitrogen and oxygen atoms in total. The number of carbonyl (C=O) groups is 1. The summed E-state index contributed by atoms with van der Waals surface area (Å²) in [6.07, 6.45) is 0. The van der Waals surface area contributed by atoms with Gasteiger partial charge in [-0.05, 0) is 61.9 Å². The number of hydrogen-bond donors (Lipinski definition) is 1. The first kappa shape index (κ1) is 17.3. The maximum absolute atomic E-state index is 12.5. The molecule has 0 unspecified atom stereocenters. The van der Waals surface area contributed by atoms with Gasteiger partial charge in [0.1, 0.15) is 5.52 Å². The molecule has 0 saturated carbocycles. The number of fused-ring (bicyclic) bond motifs is 1. The van der Waals surface area contributed by atoms with Gasteiger partial charge in [0.15, 0.2) is 5.58 Å². The van der Waals surface area contributed by atoms with Crippen LogP contribution in [0.4, 0.5) is 5.69 Å². The van der Waals surface area contributed by atoms with E-state index in [-0.39, 0.29) is 5.91 Å². The Morgan fingerprint density at radius 1 is 1.00 bits per heavy atom. The number of rotatable bonds is 3. The Balaban J connectivity index is 1.67. The minimum atomic E-state index is -0.217. The third kappa shape index (κ3) is 3.57. The van der Waals surface area contributed by atoms with Gasteiger partial charge < -0.3 is 9.73 Å². The van der Waals surface area contributed by atoms with Crippen LogP contribution in [0.5, 0.6) is 0 Å². The highest BCUT2D eigenvalue weighted by atomic mass is 35.5. The van der Waals surface area contributed by atoms with Crippen molar-refractivity contribution < 1.29 is 9.21 Å². The van der Waals surface area contributed by atoms with Gasteiger partial charge in [0.2, 0.25) is 5.89 Å². The Hall–Kier alpha value is -3.11. The SMILES string of the molecule is Cc1cccc(C(=O)Nc2cc(-c3nc4cc(C)ccc4o3)ccc2Cl)c1. The van der Waals surface area contributed by atoms with Crippen LogP contribution < -0.4 is 5.32 Å². The smallest absolute Gasteiger partial charge is 0.255 e. The molecule has 1 heterocycles. The van der Waals surface area contributed by atoms with E-state index in [9.17, 15) is 4.79 Å². The van der Waals surface area contributed by atoms with Crippen LogP contribution in [0, 0.1) is 13.8 Å². The Morgan fingerprint density at radius 3 is 2.63 bits per heavy atom. The van der Waals surface area contributed by atoms with Gasteiger partial charge in [-0.25, -0.2) is 4.98 Å². The largest absolute Gasteiger partial charge is 0.436 e. The summed E-state index contributed by atoms with van der Waals surface area (Å²) in [7, 11) is 0. The molecule has 134 valence electrons. The lowest BCUT2D eigenvalue weighted by Crippen LogP contribution is -2.12. The Labute approximate surface area is 161 Å². The van der Waals surface area contributed by atoms with E-state index in [2.05, 4.69) is 10.3 Å². The molecular formula is C22H17ClN2O2. The first-order valence-electron chi connectivity index (χ1n) is 8.55. The zero-order valence-corrected chi connectivity index (χ0v) is 15.7. The van der Waals surface area contributed by atoms with Gasteiger partial charge in [-0.1, -0.05) is 35.4 Å². The minimum Gasteiger partial charge on any atom is -0.436 e. The van der Waals surface area contributed by atoms with E-state index >= 15 is 0 Å². The molecule has 3 aromatic carbocycles. The first-order valence-corrected chi connectivity index (χ1v) is 8.92. The molecule has 1 N–H and O–H groups in total. The van der Waals surface area contributed by atoms with Gasteiger partial charge >= 0.3 is 0 Å². The number of hydrogen-bond acceptors (Lipinski definition) is 3. The van der Waals surface area contributed by atoms with Crippen LogP contribution >= 0.6 is 11.6 Å². The average molecular weight is 377 g/mol. The molecule has 27 heavy (non-hydrogen) atoms. The van der Waals surface area contributed by atoms with Gasteiger partial charge in [0, 0.05) is 11.1 Å². The molecule has 0 fully saturated rings. The van der Waals surface area contributed by atoms with Crippen LogP contribution in [0.25, 0.3) is 22.6 Å². The predicted molar refractivity (Wildman–Crippen MR) is 108 cm³/mol. The Morgan fingerprint density at radius 2 is 1.81 bits per heavy atom. The summed E-state index contributed by atoms with van der Waals surface area (Å²) in [5.74, 6) is 0.268. The number of aryl methyl sites for hydroxylation is 2. The molecule has 0 aliphatic heterocycles. The quantitative estimate of drug-likeness (QED) is 0.475. The van der Waals surface area contributed by atoms with Crippen LogP contribution in [-0.4, -0.2) is 10.9 Å². The minimum absolute atomic E-state index is 0.217. The third-order valence-electron chi connectivity index (χ3n) is 4.28. The van der Waals surface area contributed by atoms with Crippen LogP contribution in [0.15, 0.2) is 65.1 Å². The number of nitrogens with zero attached hydrogens (tertiary/aromatic N) is 1. The van der Waals surface area contributed by atoms with Crippen molar-refractivity contribution in [2.75, 3.05) is 5.32 Å². The fraction of sp³-hybridized carbons (Fsp3) is 0.0909. The van der Waals surface area contributed by atoms with Crippen molar-refractivity contribution >= 4 is 34.3 Å². The number of oxazole rings is 1. The van der Waals surface area contributed by atoms with E-state index in [1.807, 2.05) is 56.3 Å². The van der Waals surface area contributed by atoms with Crippen LogP contribution in [0.1, 0.15) is 21.5 Å². The fourth-order valence-corrected chi connectivity index (χ4v) is 3.06. The van der Waals surface area contributed by atoms with Crippen molar-refractivity contribution in [3.63, 3.8) is 0 Å². The molecule has 0 radical (unpaired) electrons. The van der Waals surface area contributed by atoms with Gasteiger partial charge in [-0.15, -0.1) is 0 Å². The molecule has 0 bridgehead atoms. The van der Waals surface area contributed by atoms with Crippen molar-refractivity contribution in [3.8, 4) is 11.5 Å². The number of aromatic nitrogens is 1. The highest BCUT2D eigenvalue weighted by Crippen LogP contribution is 2.31.